The van der Waals surface area contributed by atoms with Crippen molar-refractivity contribution in [3.05, 3.63) is 59.2 Å². The van der Waals surface area contributed by atoms with Gasteiger partial charge in [-0.2, -0.15) is 0 Å². The molecule has 21 heavy (non-hydrogen) atoms. The third kappa shape index (κ3) is 3.76. The fourth-order valence-electron chi connectivity index (χ4n) is 2.34. The molecule has 0 aliphatic carbocycles. The summed E-state index contributed by atoms with van der Waals surface area (Å²) in [4.78, 5) is 0. The largest absolute Gasteiger partial charge is 0.493 e. The second kappa shape index (κ2) is 7.14. The Morgan fingerprint density at radius 2 is 1.62 bits per heavy atom. The van der Waals surface area contributed by atoms with Gasteiger partial charge >= 0.3 is 0 Å². The second-order valence-electron chi connectivity index (χ2n) is 5.15. The van der Waals surface area contributed by atoms with Gasteiger partial charge in [-0.15, -0.1) is 0 Å². The fraction of sp³-hybridized carbons (Fsp3) is 0.333. The zero-order valence-electron chi connectivity index (χ0n) is 13.1. The van der Waals surface area contributed by atoms with Crippen LogP contribution in [0.5, 0.6) is 11.5 Å². The molecular formula is C18H23NO2. The van der Waals surface area contributed by atoms with Crippen LogP contribution in [-0.4, -0.2) is 14.2 Å². The van der Waals surface area contributed by atoms with Gasteiger partial charge in [-0.1, -0.05) is 30.3 Å². The van der Waals surface area contributed by atoms with Crippen molar-refractivity contribution in [2.45, 2.75) is 26.4 Å². The maximum absolute atomic E-state index is 5.37. The highest BCUT2D eigenvalue weighted by Gasteiger charge is 2.10. The molecule has 0 fully saturated rings. The molecule has 3 nitrogen and oxygen atoms in total. The maximum atomic E-state index is 5.37. The van der Waals surface area contributed by atoms with E-state index < -0.39 is 0 Å². The molecule has 2 aromatic rings. The summed E-state index contributed by atoms with van der Waals surface area (Å²) in [6.45, 7) is 5.06. The van der Waals surface area contributed by atoms with Crippen LogP contribution in [0.2, 0.25) is 0 Å². The molecule has 0 amide bonds. The summed E-state index contributed by atoms with van der Waals surface area (Å²) in [7, 11) is 3.32. The monoisotopic (exact) mass is 285 g/mol. The van der Waals surface area contributed by atoms with Crippen LogP contribution in [-0.2, 0) is 6.54 Å². The number of ether oxygens (including phenoxy) is 2. The maximum Gasteiger partial charge on any atom is 0.161 e. The van der Waals surface area contributed by atoms with Crippen LogP contribution in [0.3, 0.4) is 0 Å². The Bertz CT molecular complexity index is 581. The quantitative estimate of drug-likeness (QED) is 0.874. The zero-order chi connectivity index (χ0) is 15.2. The molecule has 0 radical (unpaired) electrons. The van der Waals surface area contributed by atoms with Crippen LogP contribution in [0.4, 0.5) is 0 Å². The number of hydrogen-bond donors (Lipinski definition) is 1. The van der Waals surface area contributed by atoms with Gasteiger partial charge in [0.2, 0.25) is 0 Å². The number of hydrogen-bond acceptors (Lipinski definition) is 3. The van der Waals surface area contributed by atoms with Crippen molar-refractivity contribution >= 4 is 0 Å². The first kappa shape index (κ1) is 15.4. The molecular weight excluding hydrogens is 262 g/mol. The molecule has 0 heterocycles. The van der Waals surface area contributed by atoms with Crippen molar-refractivity contribution in [3.8, 4) is 11.5 Å². The number of methoxy groups -OCH3 is 2. The van der Waals surface area contributed by atoms with E-state index in [-0.39, 0.29) is 0 Å². The highest BCUT2D eigenvalue weighted by atomic mass is 16.5. The van der Waals surface area contributed by atoms with E-state index in [2.05, 4.69) is 43.4 Å². The van der Waals surface area contributed by atoms with Gasteiger partial charge in [0.1, 0.15) is 0 Å². The minimum Gasteiger partial charge on any atom is -0.493 e. The summed E-state index contributed by atoms with van der Waals surface area (Å²) in [5.74, 6) is 1.54. The fourth-order valence-corrected chi connectivity index (χ4v) is 2.34. The van der Waals surface area contributed by atoms with Gasteiger partial charge in [-0.25, -0.2) is 0 Å². The van der Waals surface area contributed by atoms with Crippen molar-refractivity contribution in [1.82, 2.24) is 5.32 Å². The molecule has 112 valence electrons. The van der Waals surface area contributed by atoms with Gasteiger partial charge in [-0.3, -0.25) is 0 Å². The molecule has 2 rings (SSSR count). The second-order valence-corrected chi connectivity index (χ2v) is 5.15. The Labute approximate surface area is 126 Å². The van der Waals surface area contributed by atoms with Crippen molar-refractivity contribution < 1.29 is 9.47 Å². The molecule has 0 saturated heterocycles. The lowest BCUT2D eigenvalue weighted by atomic mass is 10.1. The summed E-state index contributed by atoms with van der Waals surface area (Å²) in [5.41, 5.74) is 3.70. The first-order valence-electron chi connectivity index (χ1n) is 7.15. The topological polar surface area (TPSA) is 30.5 Å². The Balaban J connectivity index is 2.09. The van der Waals surface area contributed by atoms with E-state index in [9.17, 15) is 0 Å². The normalized spacial score (nSPS) is 12.0. The van der Waals surface area contributed by atoms with E-state index in [4.69, 9.17) is 9.47 Å². The number of aryl methyl sites for hydroxylation is 1. The first-order valence-corrected chi connectivity index (χ1v) is 7.15. The van der Waals surface area contributed by atoms with Crippen molar-refractivity contribution in [2.24, 2.45) is 0 Å². The van der Waals surface area contributed by atoms with Gasteiger partial charge in [0.05, 0.1) is 14.2 Å². The van der Waals surface area contributed by atoms with Crippen LogP contribution >= 0.6 is 0 Å². The SMILES string of the molecule is COc1cc(C)c(CNC(C)c2ccccc2)cc1OC. The molecule has 1 atom stereocenters. The van der Waals surface area contributed by atoms with E-state index >= 15 is 0 Å². The van der Waals surface area contributed by atoms with Crippen molar-refractivity contribution in [3.63, 3.8) is 0 Å². The van der Waals surface area contributed by atoms with E-state index in [1.54, 1.807) is 14.2 Å². The number of benzene rings is 2. The summed E-state index contributed by atoms with van der Waals surface area (Å²) < 4.78 is 10.7. The average Bonchev–Trinajstić information content (AvgIpc) is 2.53. The first-order chi connectivity index (χ1) is 10.2. The van der Waals surface area contributed by atoms with Crippen LogP contribution in [0.1, 0.15) is 29.7 Å². The molecule has 3 heteroatoms. The summed E-state index contributed by atoms with van der Waals surface area (Å²) in [6, 6.07) is 14.8. The Morgan fingerprint density at radius 3 is 2.24 bits per heavy atom. The van der Waals surface area contributed by atoms with Gasteiger partial charge in [-0.05, 0) is 42.7 Å². The van der Waals surface area contributed by atoms with Gasteiger partial charge < -0.3 is 14.8 Å². The molecule has 0 saturated carbocycles. The molecule has 0 aromatic heterocycles. The Kier molecular flexibility index (Phi) is 5.23. The van der Waals surface area contributed by atoms with E-state index in [1.165, 1.54) is 16.7 Å². The highest BCUT2D eigenvalue weighted by molar-refractivity contribution is 5.47. The predicted octanol–water partition coefficient (Wildman–Crippen LogP) is 3.86. The third-order valence-corrected chi connectivity index (χ3v) is 3.74. The molecule has 0 spiro atoms. The van der Waals surface area contributed by atoms with Crippen LogP contribution in [0.15, 0.2) is 42.5 Å². The molecule has 0 aliphatic rings. The van der Waals surface area contributed by atoms with Gasteiger partial charge in [0.15, 0.2) is 11.5 Å². The summed E-state index contributed by atoms with van der Waals surface area (Å²) in [6.07, 6.45) is 0. The van der Waals surface area contributed by atoms with E-state index in [1.807, 2.05) is 18.2 Å². The minimum absolute atomic E-state index is 0.304. The lowest BCUT2D eigenvalue weighted by Crippen LogP contribution is -2.18. The van der Waals surface area contributed by atoms with Crippen LogP contribution < -0.4 is 14.8 Å². The third-order valence-electron chi connectivity index (χ3n) is 3.74. The number of rotatable bonds is 6. The van der Waals surface area contributed by atoms with Crippen molar-refractivity contribution in [2.75, 3.05) is 14.2 Å². The minimum atomic E-state index is 0.304. The Morgan fingerprint density at radius 1 is 1.00 bits per heavy atom. The van der Waals surface area contributed by atoms with Gasteiger partial charge in [0.25, 0.3) is 0 Å². The molecule has 2 aromatic carbocycles. The predicted molar refractivity (Wildman–Crippen MR) is 86.0 cm³/mol. The number of nitrogens with one attached hydrogen (secondary N) is 1. The molecule has 1 N–H and O–H groups in total. The molecule has 1 unspecified atom stereocenters. The summed E-state index contributed by atoms with van der Waals surface area (Å²) in [5, 5.41) is 3.55. The average molecular weight is 285 g/mol. The van der Waals surface area contributed by atoms with Crippen LogP contribution in [0, 0.1) is 6.92 Å². The van der Waals surface area contributed by atoms with E-state index in [0.717, 1.165) is 18.0 Å². The highest BCUT2D eigenvalue weighted by Crippen LogP contribution is 2.30. The smallest absolute Gasteiger partial charge is 0.161 e. The lowest BCUT2D eigenvalue weighted by Gasteiger charge is -2.17. The van der Waals surface area contributed by atoms with E-state index in [0.29, 0.717) is 6.04 Å². The van der Waals surface area contributed by atoms with Crippen LogP contribution in [0.25, 0.3) is 0 Å². The van der Waals surface area contributed by atoms with Crippen molar-refractivity contribution in [1.29, 1.82) is 0 Å². The molecule has 0 aliphatic heterocycles. The molecule has 0 bridgehead atoms. The van der Waals surface area contributed by atoms with Gasteiger partial charge in [0, 0.05) is 12.6 Å². The summed E-state index contributed by atoms with van der Waals surface area (Å²) >= 11 is 0. The zero-order valence-corrected chi connectivity index (χ0v) is 13.1. The Hall–Kier alpha value is -2.00. The lowest BCUT2D eigenvalue weighted by molar-refractivity contribution is 0.354. The standard InChI is InChI=1S/C18H23NO2/c1-13-10-17(20-3)18(21-4)11-16(13)12-19-14(2)15-8-6-5-7-9-15/h5-11,14,19H,12H2,1-4H3.